The molecule has 1 fully saturated rings. The number of rotatable bonds is 4. The molecule has 0 radical (unpaired) electrons. The monoisotopic (exact) mass is 395 g/mol. The Hall–Kier alpha value is -2.86. The molecule has 0 aliphatic carbocycles. The van der Waals surface area contributed by atoms with Gasteiger partial charge in [-0.05, 0) is 42.3 Å². The molecule has 144 valence electrons. The molecule has 0 N–H and O–H groups in total. The Morgan fingerprint density at radius 2 is 1.82 bits per heavy atom. The van der Waals surface area contributed by atoms with Gasteiger partial charge in [-0.1, -0.05) is 29.8 Å². The first-order valence-corrected chi connectivity index (χ1v) is 9.70. The minimum Gasteiger partial charge on any atom is -0.368 e. The molecule has 1 aliphatic rings. The van der Waals surface area contributed by atoms with E-state index in [-0.39, 0.29) is 5.91 Å². The predicted octanol–water partition coefficient (Wildman–Crippen LogP) is 3.25. The minimum absolute atomic E-state index is 0.0785. The summed E-state index contributed by atoms with van der Waals surface area (Å²) in [5.74, 6) is 0.0785. The van der Waals surface area contributed by atoms with Crippen molar-refractivity contribution in [2.75, 3.05) is 31.1 Å². The van der Waals surface area contributed by atoms with Gasteiger partial charge in [-0.15, -0.1) is 0 Å². The van der Waals surface area contributed by atoms with Crippen LogP contribution in [0.2, 0.25) is 5.02 Å². The number of aromatic nitrogens is 3. The van der Waals surface area contributed by atoms with E-state index in [1.54, 1.807) is 11.0 Å². The number of amides is 1. The number of anilines is 1. The van der Waals surface area contributed by atoms with Crippen molar-refractivity contribution < 1.29 is 4.79 Å². The number of hydrogen-bond donors (Lipinski definition) is 0. The van der Waals surface area contributed by atoms with Crippen LogP contribution in [0.25, 0.3) is 0 Å². The average Bonchev–Trinajstić information content (AvgIpc) is 3.23. The third-order valence-corrected chi connectivity index (χ3v) is 5.33. The van der Waals surface area contributed by atoms with E-state index in [4.69, 9.17) is 11.6 Å². The Morgan fingerprint density at radius 1 is 1.07 bits per heavy atom. The standard InChI is InChI=1S/C21H22ClN5O/c1-16-2-7-19(22)12-20(16)25-8-10-26(11-9-25)21(28)18-5-3-17(4-6-18)13-27-15-23-14-24-27/h2-7,12,14-15H,8-11,13H2,1H3. The maximum Gasteiger partial charge on any atom is 0.253 e. The van der Waals surface area contributed by atoms with Crippen LogP contribution in [0.15, 0.2) is 55.1 Å². The van der Waals surface area contributed by atoms with E-state index in [2.05, 4.69) is 21.9 Å². The molecule has 6 nitrogen and oxygen atoms in total. The zero-order chi connectivity index (χ0) is 19.5. The van der Waals surface area contributed by atoms with Gasteiger partial charge in [-0.3, -0.25) is 4.79 Å². The van der Waals surface area contributed by atoms with Crippen LogP contribution in [0.3, 0.4) is 0 Å². The van der Waals surface area contributed by atoms with E-state index in [9.17, 15) is 4.79 Å². The van der Waals surface area contributed by atoms with Crippen molar-refractivity contribution in [3.63, 3.8) is 0 Å². The highest BCUT2D eigenvalue weighted by molar-refractivity contribution is 6.30. The first-order valence-electron chi connectivity index (χ1n) is 9.32. The number of piperazine rings is 1. The van der Waals surface area contributed by atoms with Crippen molar-refractivity contribution in [3.8, 4) is 0 Å². The lowest BCUT2D eigenvalue weighted by Crippen LogP contribution is -2.49. The van der Waals surface area contributed by atoms with Crippen LogP contribution in [0.4, 0.5) is 5.69 Å². The number of carbonyl (C=O) groups excluding carboxylic acids is 1. The van der Waals surface area contributed by atoms with Crippen LogP contribution in [-0.4, -0.2) is 51.8 Å². The number of hydrogen-bond acceptors (Lipinski definition) is 4. The average molecular weight is 396 g/mol. The quantitative estimate of drug-likeness (QED) is 0.680. The van der Waals surface area contributed by atoms with Crippen molar-refractivity contribution in [1.82, 2.24) is 19.7 Å². The lowest BCUT2D eigenvalue weighted by atomic mass is 10.1. The Balaban J connectivity index is 1.38. The SMILES string of the molecule is Cc1ccc(Cl)cc1N1CCN(C(=O)c2ccc(Cn3cncn3)cc2)CC1. The van der Waals surface area contributed by atoms with Crippen LogP contribution in [-0.2, 0) is 6.54 Å². The normalized spacial score (nSPS) is 14.4. The maximum atomic E-state index is 12.9. The van der Waals surface area contributed by atoms with Gasteiger partial charge in [-0.25, -0.2) is 9.67 Å². The van der Waals surface area contributed by atoms with Crippen molar-refractivity contribution in [2.24, 2.45) is 0 Å². The molecule has 0 spiro atoms. The van der Waals surface area contributed by atoms with Gasteiger partial charge in [0.25, 0.3) is 5.91 Å². The second kappa shape index (κ2) is 8.02. The molecule has 3 aromatic rings. The molecule has 0 saturated carbocycles. The second-order valence-electron chi connectivity index (χ2n) is 7.00. The number of carbonyl (C=O) groups is 1. The fraction of sp³-hybridized carbons (Fsp3) is 0.286. The molecule has 1 aromatic heterocycles. The molecule has 0 atom stereocenters. The zero-order valence-electron chi connectivity index (χ0n) is 15.8. The summed E-state index contributed by atoms with van der Waals surface area (Å²) in [5, 5.41) is 4.84. The topological polar surface area (TPSA) is 54.3 Å². The summed E-state index contributed by atoms with van der Waals surface area (Å²) >= 11 is 6.15. The van der Waals surface area contributed by atoms with Gasteiger partial charge in [0.1, 0.15) is 12.7 Å². The highest BCUT2D eigenvalue weighted by atomic mass is 35.5. The first-order chi connectivity index (χ1) is 13.6. The van der Waals surface area contributed by atoms with Crippen LogP contribution in [0.1, 0.15) is 21.5 Å². The highest BCUT2D eigenvalue weighted by Crippen LogP contribution is 2.25. The first kappa shape index (κ1) is 18.5. The third-order valence-electron chi connectivity index (χ3n) is 5.09. The molecular weight excluding hydrogens is 374 g/mol. The lowest BCUT2D eigenvalue weighted by molar-refractivity contribution is 0.0747. The van der Waals surface area contributed by atoms with E-state index in [0.717, 1.165) is 34.9 Å². The van der Waals surface area contributed by atoms with Gasteiger partial charge < -0.3 is 9.80 Å². The molecule has 28 heavy (non-hydrogen) atoms. The van der Waals surface area contributed by atoms with Crippen LogP contribution in [0.5, 0.6) is 0 Å². The van der Waals surface area contributed by atoms with Gasteiger partial charge in [0.2, 0.25) is 0 Å². The summed E-state index contributed by atoms with van der Waals surface area (Å²) in [4.78, 5) is 21.0. The Morgan fingerprint density at radius 3 is 2.50 bits per heavy atom. The van der Waals surface area contributed by atoms with E-state index in [1.165, 1.54) is 11.9 Å². The van der Waals surface area contributed by atoms with Crippen LogP contribution >= 0.6 is 11.6 Å². The molecule has 7 heteroatoms. The van der Waals surface area contributed by atoms with E-state index in [1.807, 2.05) is 47.4 Å². The predicted molar refractivity (Wildman–Crippen MR) is 110 cm³/mol. The summed E-state index contributed by atoms with van der Waals surface area (Å²) in [6.45, 7) is 5.74. The molecule has 1 saturated heterocycles. The molecule has 4 rings (SSSR count). The summed E-state index contributed by atoms with van der Waals surface area (Å²) in [7, 11) is 0. The molecule has 0 bridgehead atoms. The van der Waals surface area contributed by atoms with Crippen LogP contribution < -0.4 is 4.90 Å². The van der Waals surface area contributed by atoms with Crippen molar-refractivity contribution in [3.05, 3.63) is 76.8 Å². The number of halogens is 1. The van der Waals surface area contributed by atoms with Crippen molar-refractivity contribution in [2.45, 2.75) is 13.5 Å². The number of benzene rings is 2. The summed E-state index contributed by atoms with van der Waals surface area (Å²) in [6, 6.07) is 13.7. The van der Waals surface area contributed by atoms with Gasteiger partial charge in [0.15, 0.2) is 0 Å². The second-order valence-corrected chi connectivity index (χ2v) is 7.44. The molecule has 1 aliphatic heterocycles. The molecule has 2 heterocycles. The smallest absolute Gasteiger partial charge is 0.253 e. The van der Waals surface area contributed by atoms with E-state index < -0.39 is 0 Å². The van der Waals surface area contributed by atoms with E-state index >= 15 is 0 Å². The summed E-state index contributed by atoms with van der Waals surface area (Å²) in [6.07, 6.45) is 3.20. The van der Waals surface area contributed by atoms with Crippen molar-refractivity contribution >= 4 is 23.2 Å². The van der Waals surface area contributed by atoms with Crippen molar-refractivity contribution in [1.29, 1.82) is 0 Å². The Bertz CT molecular complexity index is 947. The van der Waals surface area contributed by atoms with Gasteiger partial charge in [0.05, 0.1) is 6.54 Å². The van der Waals surface area contributed by atoms with Gasteiger partial charge in [-0.2, -0.15) is 5.10 Å². The highest BCUT2D eigenvalue weighted by Gasteiger charge is 2.23. The number of aryl methyl sites for hydroxylation is 1. The summed E-state index contributed by atoms with van der Waals surface area (Å²) in [5.41, 5.74) is 4.15. The largest absolute Gasteiger partial charge is 0.368 e. The fourth-order valence-electron chi connectivity index (χ4n) is 3.51. The fourth-order valence-corrected chi connectivity index (χ4v) is 3.68. The third kappa shape index (κ3) is 4.02. The molecule has 0 unspecified atom stereocenters. The molecular formula is C21H22ClN5O. The molecule has 2 aromatic carbocycles. The molecule has 1 amide bonds. The number of nitrogens with zero attached hydrogens (tertiary/aromatic N) is 5. The Kier molecular flexibility index (Phi) is 5.30. The van der Waals surface area contributed by atoms with E-state index in [0.29, 0.717) is 19.6 Å². The maximum absolute atomic E-state index is 12.9. The minimum atomic E-state index is 0.0785. The Labute approximate surface area is 169 Å². The summed E-state index contributed by atoms with van der Waals surface area (Å²) < 4.78 is 1.76. The lowest BCUT2D eigenvalue weighted by Gasteiger charge is -2.37. The van der Waals surface area contributed by atoms with Crippen LogP contribution in [0, 0.1) is 6.92 Å². The zero-order valence-corrected chi connectivity index (χ0v) is 16.5. The van der Waals surface area contributed by atoms with Gasteiger partial charge >= 0.3 is 0 Å². The van der Waals surface area contributed by atoms with Gasteiger partial charge in [0, 0.05) is 42.5 Å².